The zero-order valence-corrected chi connectivity index (χ0v) is 27.1. The van der Waals surface area contributed by atoms with Crippen LogP contribution in [0.1, 0.15) is 70.3 Å². The van der Waals surface area contributed by atoms with Crippen LogP contribution in [-0.4, -0.2) is 56.5 Å². The molecule has 0 bridgehead atoms. The highest BCUT2D eigenvalue weighted by Gasteiger charge is 2.29. The van der Waals surface area contributed by atoms with Crippen LogP contribution in [0.15, 0.2) is 47.3 Å². The number of piperidine rings is 1. The molecule has 0 radical (unpaired) electrons. The van der Waals surface area contributed by atoms with Crippen molar-refractivity contribution in [2.24, 2.45) is 7.05 Å². The number of nitrogens with zero attached hydrogens (tertiary/aromatic N) is 4. The molecule has 2 aromatic heterocycles. The van der Waals surface area contributed by atoms with Crippen LogP contribution in [0.5, 0.6) is 0 Å². The van der Waals surface area contributed by atoms with E-state index < -0.39 is 23.3 Å². The molecular formula is C33H40ClN5O5. The molecule has 10 nitrogen and oxygen atoms in total. The minimum absolute atomic E-state index is 0.164. The lowest BCUT2D eigenvalue weighted by Gasteiger charge is -2.34. The van der Waals surface area contributed by atoms with Gasteiger partial charge in [0, 0.05) is 36.6 Å². The average Bonchev–Trinajstić information content (AvgIpc) is 3.30. The number of amides is 1. The summed E-state index contributed by atoms with van der Waals surface area (Å²) in [6, 6.07) is 12.6. The van der Waals surface area contributed by atoms with Crippen LogP contribution in [0.4, 0.5) is 10.7 Å². The van der Waals surface area contributed by atoms with Crippen LogP contribution in [-0.2, 0) is 23.1 Å². The summed E-state index contributed by atoms with van der Waals surface area (Å²) in [5.74, 6) is 0.144. The maximum atomic E-state index is 14.0. The Morgan fingerprint density at radius 3 is 2.43 bits per heavy atom. The van der Waals surface area contributed by atoms with Crippen LogP contribution >= 0.6 is 11.6 Å². The number of fused-ring (bicyclic) bond motifs is 3. The summed E-state index contributed by atoms with van der Waals surface area (Å²) in [4.78, 5) is 46.7. The number of hydrogen-bond donors (Lipinski definition) is 1. The molecule has 5 rings (SSSR count). The van der Waals surface area contributed by atoms with Crippen molar-refractivity contribution >= 4 is 51.5 Å². The lowest BCUT2D eigenvalue weighted by molar-refractivity contribution is 0.00693. The minimum atomic E-state index is -0.654. The van der Waals surface area contributed by atoms with Crippen molar-refractivity contribution in [1.82, 2.24) is 19.4 Å². The first-order valence-electron chi connectivity index (χ1n) is 14.9. The monoisotopic (exact) mass is 621 g/mol. The molecule has 0 unspecified atom stereocenters. The van der Waals surface area contributed by atoms with Crippen molar-refractivity contribution in [2.45, 2.75) is 78.2 Å². The second-order valence-electron chi connectivity index (χ2n) is 13.3. The van der Waals surface area contributed by atoms with Gasteiger partial charge in [-0.15, -0.1) is 0 Å². The van der Waals surface area contributed by atoms with Crippen LogP contribution in [0.25, 0.3) is 21.9 Å². The maximum Gasteiger partial charge on any atom is 0.407 e. The molecule has 1 aliphatic heterocycles. The minimum Gasteiger partial charge on any atom is -0.456 e. The van der Waals surface area contributed by atoms with E-state index in [-0.39, 0.29) is 11.6 Å². The van der Waals surface area contributed by atoms with Crippen LogP contribution < -0.4 is 15.8 Å². The Morgan fingerprint density at radius 1 is 1.05 bits per heavy atom. The fourth-order valence-electron chi connectivity index (χ4n) is 5.53. The second kappa shape index (κ2) is 11.8. The summed E-state index contributed by atoms with van der Waals surface area (Å²) in [7, 11) is 1.69. The Balaban J connectivity index is 1.62. The molecule has 234 valence electrons. The molecule has 0 spiro atoms. The van der Waals surface area contributed by atoms with Gasteiger partial charge in [-0.05, 0) is 84.2 Å². The highest BCUT2D eigenvalue weighted by molar-refractivity contribution is 6.31. The van der Waals surface area contributed by atoms with E-state index in [1.165, 1.54) is 0 Å². The summed E-state index contributed by atoms with van der Waals surface area (Å²) in [5, 5.41) is 4.32. The molecule has 0 aliphatic carbocycles. The molecule has 4 aromatic rings. The smallest absolute Gasteiger partial charge is 0.407 e. The number of aryl methyl sites for hydroxylation is 1. The molecule has 3 heterocycles. The van der Waals surface area contributed by atoms with Gasteiger partial charge in [0.15, 0.2) is 0 Å². The molecule has 1 atom stereocenters. The quantitative estimate of drug-likeness (QED) is 0.271. The maximum absolute atomic E-state index is 14.0. The SMILES string of the molecule is Cn1c(=O)c2c(nc(N3CCC[C@@H](NC(=O)OC(C)(C)C)C3)n2Cc2ccccc2Cl)c2ccc(C(=O)OC(C)(C)C)cc21. The van der Waals surface area contributed by atoms with Gasteiger partial charge in [-0.25, -0.2) is 14.6 Å². The van der Waals surface area contributed by atoms with Gasteiger partial charge in [0.1, 0.15) is 22.2 Å². The summed E-state index contributed by atoms with van der Waals surface area (Å²) >= 11 is 6.59. The number of halogens is 1. The van der Waals surface area contributed by atoms with Crippen molar-refractivity contribution in [3.63, 3.8) is 0 Å². The predicted octanol–water partition coefficient (Wildman–Crippen LogP) is 6.04. The number of hydrogen-bond acceptors (Lipinski definition) is 7. The topological polar surface area (TPSA) is 108 Å². The first-order chi connectivity index (χ1) is 20.6. The van der Waals surface area contributed by atoms with E-state index in [0.717, 1.165) is 23.8 Å². The van der Waals surface area contributed by atoms with Crippen LogP contribution in [0.2, 0.25) is 5.02 Å². The number of aromatic nitrogens is 3. The summed E-state index contributed by atoms with van der Waals surface area (Å²) in [5.41, 5.74) is 1.22. The first-order valence-corrected chi connectivity index (χ1v) is 15.2. The van der Waals surface area contributed by atoms with Crippen molar-refractivity contribution < 1.29 is 19.1 Å². The number of imidazole rings is 1. The largest absolute Gasteiger partial charge is 0.456 e. The third-order valence-corrected chi connectivity index (χ3v) is 7.78. The van der Waals surface area contributed by atoms with E-state index in [2.05, 4.69) is 10.2 Å². The lowest BCUT2D eigenvalue weighted by Crippen LogP contribution is -2.49. The summed E-state index contributed by atoms with van der Waals surface area (Å²) < 4.78 is 14.5. The number of benzene rings is 2. The predicted molar refractivity (Wildman–Crippen MR) is 173 cm³/mol. The zero-order chi connectivity index (χ0) is 32.0. The van der Waals surface area contributed by atoms with E-state index in [9.17, 15) is 14.4 Å². The van der Waals surface area contributed by atoms with Crippen LogP contribution in [0, 0.1) is 0 Å². The van der Waals surface area contributed by atoms with E-state index in [1.54, 1.807) is 23.7 Å². The fraction of sp³-hybridized carbons (Fsp3) is 0.455. The van der Waals surface area contributed by atoms with Gasteiger partial charge in [0.25, 0.3) is 5.56 Å². The molecule has 1 aliphatic rings. The molecular weight excluding hydrogens is 582 g/mol. The van der Waals surface area contributed by atoms with Gasteiger partial charge in [-0.3, -0.25) is 4.79 Å². The van der Waals surface area contributed by atoms with Gasteiger partial charge >= 0.3 is 12.1 Å². The van der Waals surface area contributed by atoms with Gasteiger partial charge < -0.3 is 28.8 Å². The van der Waals surface area contributed by atoms with E-state index in [4.69, 9.17) is 26.1 Å². The molecule has 0 saturated carbocycles. The van der Waals surface area contributed by atoms with Crippen molar-refractivity contribution in [1.29, 1.82) is 0 Å². The van der Waals surface area contributed by atoms with Crippen molar-refractivity contribution in [3.05, 3.63) is 69.0 Å². The van der Waals surface area contributed by atoms with Gasteiger partial charge in [0.2, 0.25) is 5.95 Å². The Bertz CT molecular complexity index is 1800. The van der Waals surface area contributed by atoms with Crippen molar-refractivity contribution in [3.8, 4) is 0 Å². The molecule has 1 fully saturated rings. The number of pyridine rings is 1. The Morgan fingerprint density at radius 2 is 1.75 bits per heavy atom. The highest BCUT2D eigenvalue weighted by atomic mass is 35.5. The number of carbonyl (C=O) groups is 2. The molecule has 2 aromatic carbocycles. The molecule has 1 amide bonds. The van der Waals surface area contributed by atoms with E-state index in [0.29, 0.717) is 52.7 Å². The standard InChI is InChI=1S/C33H40ClN5O5/c1-32(2,3)43-29(41)20-14-15-23-25(17-20)37(7)28(40)27-26(23)36-30(39(27)18-21-11-8-9-13-24(21)34)38-16-10-12-22(19-38)35-31(42)44-33(4,5)6/h8-9,11,13-15,17,22H,10,12,16,18-19H2,1-7H3,(H,35,42)/t22-/m1/s1. The average molecular weight is 622 g/mol. The fourth-order valence-corrected chi connectivity index (χ4v) is 5.72. The van der Waals surface area contributed by atoms with Crippen LogP contribution in [0.3, 0.4) is 0 Å². The first kappa shape index (κ1) is 31.4. The normalized spacial score (nSPS) is 15.9. The lowest BCUT2D eigenvalue weighted by atomic mass is 10.1. The molecule has 1 saturated heterocycles. The number of ether oxygens (including phenoxy) is 2. The van der Waals surface area contributed by atoms with E-state index in [1.807, 2.05) is 76.4 Å². The third kappa shape index (κ3) is 6.70. The molecule has 44 heavy (non-hydrogen) atoms. The number of nitrogens with one attached hydrogen (secondary N) is 1. The van der Waals surface area contributed by atoms with E-state index >= 15 is 0 Å². The number of carbonyl (C=O) groups excluding carboxylic acids is 2. The number of anilines is 1. The zero-order valence-electron chi connectivity index (χ0n) is 26.4. The van der Waals surface area contributed by atoms with Gasteiger partial charge in [-0.2, -0.15) is 0 Å². The van der Waals surface area contributed by atoms with Gasteiger partial charge in [-0.1, -0.05) is 29.8 Å². The van der Waals surface area contributed by atoms with Crippen molar-refractivity contribution in [2.75, 3.05) is 18.0 Å². The Kier molecular flexibility index (Phi) is 8.41. The highest BCUT2D eigenvalue weighted by Crippen LogP contribution is 2.31. The second-order valence-corrected chi connectivity index (χ2v) is 13.7. The number of alkyl carbamates (subject to hydrolysis) is 1. The summed E-state index contributed by atoms with van der Waals surface area (Å²) in [6.07, 6.45) is 1.14. The molecule has 1 N–H and O–H groups in total. The van der Waals surface area contributed by atoms with Gasteiger partial charge in [0.05, 0.1) is 17.6 Å². The number of esters is 1. The Hall–Kier alpha value is -4.05. The third-order valence-electron chi connectivity index (χ3n) is 7.41. The number of rotatable bonds is 5. The molecule has 11 heteroatoms. The summed E-state index contributed by atoms with van der Waals surface area (Å²) in [6.45, 7) is 12.4. The Labute approximate surface area is 261 Å².